The normalized spacial score (nSPS) is 13.7. The minimum Gasteiger partial charge on any atom is -0.445 e. The molecule has 184 valence electrons. The van der Waals surface area contributed by atoms with Crippen LogP contribution in [0.5, 0.6) is 5.75 Å². The van der Waals surface area contributed by atoms with Crippen molar-refractivity contribution in [3.63, 3.8) is 0 Å². The van der Waals surface area contributed by atoms with Gasteiger partial charge in [-0.25, -0.2) is 14.4 Å². The van der Waals surface area contributed by atoms with Gasteiger partial charge in [0.15, 0.2) is 0 Å². The first kappa shape index (κ1) is 24.5. The summed E-state index contributed by atoms with van der Waals surface area (Å²) in [5.74, 6) is -0.278. The molecule has 1 aromatic heterocycles. The molecule has 2 aromatic carbocycles. The molecule has 0 aliphatic heterocycles. The molecule has 1 unspecified atom stereocenters. The number of carbonyl (C=O) groups is 2. The predicted molar refractivity (Wildman–Crippen MR) is 133 cm³/mol. The quantitative estimate of drug-likeness (QED) is 0.266. The molecule has 7 nitrogen and oxygen atoms in total. The summed E-state index contributed by atoms with van der Waals surface area (Å²) in [6.07, 6.45) is 4.92. The summed E-state index contributed by atoms with van der Waals surface area (Å²) >= 11 is 0. The van der Waals surface area contributed by atoms with Gasteiger partial charge in [0.05, 0.1) is 0 Å². The van der Waals surface area contributed by atoms with Gasteiger partial charge in [-0.05, 0) is 62.3 Å². The summed E-state index contributed by atoms with van der Waals surface area (Å²) in [4.78, 5) is 37.9. The number of hydrogen-bond donors (Lipinski definition) is 1. The minimum absolute atomic E-state index is 0.107. The van der Waals surface area contributed by atoms with E-state index in [1.54, 1.807) is 13.0 Å². The molecule has 1 heterocycles. The Morgan fingerprint density at radius 2 is 1.80 bits per heavy atom. The number of ether oxygens (including phenoxy) is 2. The highest BCUT2D eigenvalue weighted by Gasteiger charge is 2.25. The zero-order chi connectivity index (χ0) is 24.8. The number of unbranched alkanes of at least 4 members (excludes halogenated alkanes) is 1. The summed E-state index contributed by atoms with van der Waals surface area (Å²) in [5, 5.41) is 3.53. The number of nitrogens with one attached hydrogen (secondary N) is 1. The van der Waals surface area contributed by atoms with E-state index in [2.05, 4.69) is 5.32 Å². The molecule has 35 heavy (non-hydrogen) atoms. The number of rotatable bonds is 8. The van der Waals surface area contributed by atoms with Crippen LogP contribution in [0.4, 0.5) is 4.79 Å². The topological polar surface area (TPSA) is 94.8 Å². The lowest BCUT2D eigenvalue weighted by molar-refractivity contribution is -0.136. The van der Waals surface area contributed by atoms with Gasteiger partial charge < -0.3 is 19.2 Å². The highest BCUT2D eigenvalue weighted by Crippen LogP contribution is 2.32. The fourth-order valence-electron chi connectivity index (χ4n) is 4.48. The molecule has 0 fully saturated rings. The summed E-state index contributed by atoms with van der Waals surface area (Å²) < 4.78 is 16.6. The van der Waals surface area contributed by atoms with Crippen molar-refractivity contribution in [3.05, 3.63) is 75.1 Å². The second kappa shape index (κ2) is 11.2. The Kier molecular flexibility index (Phi) is 7.85. The second-order valence-corrected chi connectivity index (χ2v) is 8.94. The molecule has 1 amide bonds. The van der Waals surface area contributed by atoms with Gasteiger partial charge in [-0.3, -0.25) is 0 Å². The number of benzene rings is 2. The molecule has 1 atom stereocenters. The van der Waals surface area contributed by atoms with Crippen LogP contribution in [0, 0.1) is 6.92 Å². The SMILES string of the molecule is CCCCC(NC(=O)OCc1ccccc1)C(=O)Oc1ccc2c3c(c(=O)oc2c1C)CCCC3. The first-order valence-corrected chi connectivity index (χ1v) is 12.2. The molecule has 3 aromatic rings. The maximum absolute atomic E-state index is 13.0. The molecule has 0 spiro atoms. The van der Waals surface area contributed by atoms with Crippen LogP contribution in [0.15, 0.2) is 51.7 Å². The minimum atomic E-state index is -0.858. The summed E-state index contributed by atoms with van der Waals surface area (Å²) in [5.41, 5.74) is 3.36. The van der Waals surface area contributed by atoms with E-state index in [4.69, 9.17) is 13.9 Å². The van der Waals surface area contributed by atoms with Crippen LogP contribution >= 0.6 is 0 Å². The van der Waals surface area contributed by atoms with Gasteiger partial charge in [0.1, 0.15) is 24.0 Å². The first-order chi connectivity index (χ1) is 17.0. The van der Waals surface area contributed by atoms with Crippen molar-refractivity contribution >= 4 is 23.0 Å². The molecule has 4 rings (SSSR count). The van der Waals surface area contributed by atoms with Crippen molar-refractivity contribution < 1.29 is 23.5 Å². The predicted octanol–water partition coefficient (Wildman–Crippen LogP) is 5.37. The van der Waals surface area contributed by atoms with Crippen LogP contribution < -0.4 is 15.7 Å². The Hall–Kier alpha value is -3.61. The molecular weight excluding hydrogens is 446 g/mol. The highest BCUT2D eigenvalue weighted by molar-refractivity contribution is 5.88. The Morgan fingerprint density at radius 3 is 2.54 bits per heavy atom. The van der Waals surface area contributed by atoms with Crippen molar-refractivity contribution in [1.82, 2.24) is 5.32 Å². The van der Waals surface area contributed by atoms with E-state index in [0.29, 0.717) is 23.3 Å². The zero-order valence-electron chi connectivity index (χ0n) is 20.2. The third-order valence-electron chi connectivity index (χ3n) is 6.44. The van der Waals surface area contributed by atoms with E-state index in [1.807, 2.05) is 43.3 Å². The lowest BCUT2D eigenvalue weighted by Crippen LogP contribution is -2.43. The fourth-order valence-corrected chi connectivity index (χ4v) is 4.48. The molecule has 0 saturated heterocycles. The van der Waals surface area contributed by atoms with Crippen molar-refractivity contribution in [2.45, 2.75) is 71.4 Å². The zero-order valence-corrected chi connectivity index (χ0v) is 20.2. The van der Waals surface area contributed by atoms with E-state index < -0.39 is 18.1 Å². The number of amides is 1. The molecule has 1 N–H and O–H groups in total. The molecule has 0 radical (unpaired) electrons. The highest BCUT2D eigenvalue weighted by atomic mass is 16.6. The molecule has 0 bridgehead atoms. The largest absolute Gasteiger partial charge is 0.445 e. The van der Waals surface area contributed by atoms with Crippen LogP contribution in [-0.2, 0) is 29.0 Å². The smallest absolute Gasteiger partial charge is 0.408 e. The van der Waals surface area contributed by atoms with E-state index in [9.17, 15) is 14.4 Å². The first-order valence-electron chi connectivity index (χ1n) is 12.2. The van der Waals surface area contributed by atoms with Gasteiger partial charge >= 0.3 is 17.7 Å². The number of esters is 1. The maximum Gasteiger partial charge on any atom is 0.408 e. The average molecular weight is 478 g/mol. The number of aryl methyl sites for hydroxylation is 2. The Morgan fingerprint density at radius 1 is 1.06 bits per heavy atom. The number of carbonyl (C=O) groups excluding carboxylic acids is 2. The summed E-state index contributed by atoms with van der Waals surface area (Å²) in [6, 6.07) is 12.0. The lowest BCUT2D eigenvalue weighted by atomic mass is 9.90. The lowest BCUT2D eigenvalue weighted by Gasteiger charge is -2.19. The second-order valence-electron chi connectivity index (χ2n) is 8.94. The van der Waals surface area contributed by atoms with Gasteiger partial charge in [-0.2, -0.15) is 0 Å². The van der Waals surface area contributed by atoms with Gasteiger partial charge in [0.2, 0.25) is 0 Å². The average Bonchev–Trinajstić information content (AvgIpc) is 2.88. The standard InChI is InChI=1S/C28H31NO6/c1-3-4-14-23(29-28(32)33-17-19-10-6-5-7-11-19)27(31)34-24-16-15-21-20-12-8-9-13-22(20)26(30)35-25(21)18(24)2/h5-7,10-11,15-16,23H,3-4,8-9,12-14,17H2,1-2H3,(H,29,32). The van der Waals surface area contributed by atoms with Crippen LogP contribution in [-0.4, -0.2) is 18.1 Å². The van der Waals surface area contributed by atoms with Crippen molar-refractivity contribution in [2.75, 3.05) is 0 Å². The van der Waals surface area contributed by atoms with Crippen LogP contribution in [0.1, 0.15) is 61.3 Å². The Balaban J connectivity index is 1.50. The Bertz CT molecular complexity index is 1260. The monoisotopic (exact) mass is 477 g/mol. The molecule has 0 saturated carbocycles. The van der Waals surface area contributed by atoms with Gasteiger partial charge in [0.25, 0.3) is 0 Å². The van der Waals surface area contributed by atoms with E-state index in [1.165, 1.54) is 0 Å². The molecule has 1 aliphatic rings. The number of hydrogen-bond acceptors (Lipinski definition) is 6. The number of alkyl carbamates (subject to hydrolysis) is 1. The molecular formula is C28H31NO6. The van der Waals surface area contributed by atoms with E-state index in [0.717, 1.165) is 60.6 Å². The molecule has 1 aliphatic carbocycles. The molecule has 7 heteroatoms. The van der Waals surface area contributed by atoms with Crippen molar-refractivity contribution in [3.8, 4) is 5.75 Å². The summed E-state index contributed by atoms with van der Waals surface area (Å²) in [6.45, 7) is 3.88. The van der Waals surface area contributed by atoms with Crippen molar-refractivity contribution in [1.29, 1.82) is 0 Å². The third kappa shape index (κ3) is 5.73. The van der Waals surface area contributed by atoms with Gasteiger partial charge in [-0.15, -0.1) is 0 Å². The third-order valence-corrected chi connectivity index (χ3v) is 6.44. The van der Waals surface area contributed by atoms with Gasteiger partial charge in [0, 0.05) is 16.5 Å². The Labute approximate surface area is 204 Å². The van der Waals surface area contributed by atoms with Gasteiger partial charge in [-0.1, -0.05) is 50.1 Å². The van der Waals surface area contributed by atoms with E-state index in [-0.39, 0.29) is 12.2 Å². The van der Waals surface area contributed by atoms with Crippen molar-refractivity contribution in [2.24, 2.45) is 0 Å². The maximum atomic E-state index is 13.0. The van der Waals surface area contributed by atoms with E-state index >= 15 is 0 Å². The van der Waals surface area contributed by atoms with Crippen LogP contribution in [0.2, 0.25) is 0 Å². The summed E-state index contributed by atoms with van der Waals surface area (Å²) in [7, 11) is 0. The number of fused-ring (bicyclic) bond motifs is 3. The fraction of sp³-hybridized carbons (Fsp3) is 0.393. The van der Waals surface area contributed by atoms with Crippen LogP contribution in [0.25, 0.3) is 11.0 Å². The van der Waals surface area contributed by atoms with Crippen LogP contribution in [0.3, 0.4) is 0 Å².